The van der Waals surface area contributed by atoms with Gasteiger partial charge in [-0.25, -0.2) is 0 Å². The van der Waals surface area contributed by atoms with Gasteiger partial charge in [-0.05, 0) is 36.4 Å². The molecule has 2 rings (SSSR count). The topological polar surface area (TPSA) is 64.4 Å². The van der Waals surface area contributed by atoms with Crippen LogP contribution in [0.1, 0.15) is 17.4 Å². The lowest BCUT2D eigenvalue weighted by Crippen LogP contribution is -2.25. The van der Waals surface area contributed by atoms with E-state index in [4.69, 9.17) is 10.5 Å². The molecule has 0 radical (unpaired) electrons. The number of hydrogen-bond donors (Lipinski definition) is 2. The van der Waals surface area contributed by atoms with Gasteiger partial charge in [0.2, 0.25) is 0 Å². The second-order valence-corrected chi connectivity index (χ2v) is 5.10. The second kappa shape index (κ2) is 5.93. The highest BCUT2D eigenvalue weighted by molar-refractivity contribution is 7.99. The average Bonchev–Trinajstić information content (AvgIpc) is 2.38. The fourth-order valence-electron chi connectivity index (χ4n) is 1.67. The lowest BCUT2D eigenvalue weighted by molar-refractivity contribution is -0.119. The highest BCUT2D eigenvalue weighted by Gasteiger charge is 2.14. The molecule has 0 bridgehead atoms. The molecule has 5 heteroatoms. The first-order valence-electron chi connectivity index (χ1n) is 5.62. The maximum absolute atomic E-state index is 10.6. The van der Waals surface area contributed by atoms with E-state index in [9.17, 15) is 4.79 Å². The summed E-state index contributed by atoms with van der Waals surface area (Å²) in [7, 11) is 0. The number of thioether (sulfide) groups is 1. The Balaban J connectivity index is 1.94. The van der Waals surface area contributed by atoms with Crippen LogP contribution in [0.4, 0.5) is 0 Å². The standard InChI is InChI=1S/C12H16N2O2S/c13-11(15)8-16-10-4-2-9(3-5-10)12-14-6-1-7-17-12/h2-5,12,14H,1,6-8H2,(H2,13,15). The fourth-order valence-corrected chi connectivity index (χ4v) is 2.80. The van der Waals surface area contributed by atoms with E-state index in [-0.39, 0.29) is 6.61 Å². The van der Waals surface area contributed by atoms with Crippen LogP contribution >= 0.6 is 11.8 Å². The Hall–Kier alpha value is -1.20. The Bertz CT molecular complexity index is 375. The minimum Gasteiger partial charge on any atom is -0.484 e. The van der Waals surface area contributed by atoms with E-state index in [1.54, 1.807) is 0 Å². The van der Waals surface area contributed by atoms with Gasteiger partial charge in [-0.15, -0.1) is 11.8 Å². The van der Waals surface area contributed by atoms with Crippen LogP contribution in [-0.4, -0.2) is 24.8 Å². The number of ether oxygens (including phenoxy) is 1. The van der Waals surface area contributed by atoms with Crippen LogP contribution < -0.4 is 15.8 Å². The highest BCUT2D eigenvalue weighted by Crippen LogP contribution is 2.30. The van der Waals surface area contributed by atoms with Crippen LogP contribution in [0.3, 0.4) is 0 Å². The zero-order chi connectivity index (χ0) is 12.1. The van der Waals surface area contributed by atoms with Crippen molar-refractivity contribution in [3.63, 3.8) is 0 Å². The number of hydrogen-bond acceptors (Lipinski definition) is 4. The summed E-state index contributed by atoms with van der Waals surface area (Å²) in [5.74, 6) is 1.41. The molecule has 1 aromatic carbocycles. The molecule has 4 nitrogen and oxygen atoms in total. The van der Waals surface area contributed by atoms with Crippen molar-refractivity contribution in [2.45, 2.75) is 11.8 Å². The number of nitrogens with one attached hydrogen (secondary N) is 1. The first-order valence-corrected chi connectivity index (χ1v) is 6.66. The number of carbonyl (C=O) groups excluding carboxylic acids is 1. The van der Waals surface area contributed by atoms with Crippen LogP contribution in [0.5, 0.6) is 5.75 Å². The summed E-state index contributed by atoms with van der Waals surface area (Å²) < 4.78 is 5.21. The van der Waals surface area contributed by atoms with Gasteiger partial charge in [0.05, 0.1) is 5.37 Å². The molecule has 1 aromatic rings. The first kappa shape index (κ1) is 12.3. The van der Waals surface area contributed by atoms with Crippen molar-refractivity contribution in [2.75, 3.05) is 18.9 Å². The van der Waals surface area contributed by atoms with E-state index < -0.39 is 5.91 Å². The van der Waals surface area contributed by atoms with Gasteiger partial charge in [0.25, 0.3) is 5.91 Å². The van der Waals surface area contributed by atoms with Gasteiger partial charge in [-0.1, -0.05) is 12.1 Å². The number of carbonyl (C=O) groups is 1. The molecular formula is C12H16N2O2S. The minimum absolute atomic E-state index is 0.0736. The third kappa shape index (κ3) is 3.64. The Labute approximate surface area is 105 Å². The summed E-state index contributed by atoms with van der Waals surface area (Å²) in [6, 6.07) is 7.78. The van der Waals surface area contributed by atoms with E-state index in [0.29, 0.717) is 11.1 Å². The average molecular weight is 252 g/mol. The Morgan fingerprint density at radius 2 is 2.24 bits per heavy atom. The van der Waals surface area contributed by atoms with Crippen LogP contribution in [0.2, 0.25) is 0 Å². The van der Waals surface area contributed by atoms with Crippen molar-refractivity contribution < 1.29 is 9.53 Å². The zero-order valence-corrected chi connectivity index (χ0v) is 10.3. The Morgan fingerprint density at radius 3 is 2.82 bits per heavy atom. The quantitative estimate of drug-likeness (QED) is 0.847. The minimum atomic E-state index is -0.460. The van der Waals surface area contributed by atoms with Crippen molar-refractivity contribution in [3.8, 4) is 5.75 Å². The molecule has 92 valence electrons. The van der Waals surface area contributed by atoms with Crippen LogP contribution in [0.25, 0.3) is 0 Å². The molecule has 1 atom stereocenters. The third-order valence-electron chi connectivity index (χ3n) is 2.50. The van der Waals surface area contributed by atoms with Crippen molar-refractivity contribution in [1.29, 1.82) is 0 Å². The Kier molecular flexibility index (Phi) is 4.28. The number of nitrogens with two attached hydrogens (primary N) is 1. The van der Waals surface area contributed by atoms with Crippen molar-refractivity contribution in [2.24, 2.45) is 5.73 Å². The predicted molar refractivity (Wildman–Crippen MR) is 69.0 cm³/mol. The fraction of sp³-hybridized carbons (Fsp3) is 0.417. The van der Waals surface area contributed by atoms with Gasteiger partial charge in [0.1, 0.15) is 5.75 Å². The van der Waals surface area contributed by atoms with Crippen LogP contribution in [0.15, 0.2) is 24.3 Å². The molecule has 1 saturated heterocycles. The molecule has 1 amide bonds. The van der Waals surface area contributed by atoms with Crippen LogP contribution in [-0.2, 0) is 4.79 Å². The molecule has 3 N–H and O–H groups in total. The van der Waals surface area contributed by atoms with Crippen molar-refractivity contribution in [1.82, 2.24) is 5.32 Å². The van der Waals surface area contributed by atoms with E-state index in [2.05, 4.69) is 5.32 Å². The maximum atomic E-state index is 10.6. The van der Waals surface area contributed by atoms with E-state index in [0.717, 1.165) is 6.54 Å². The maximum Gasteiger partial charge on any atom is 0.255 e. The summed E-state index contributed by atoms with van der Waals surface area (Å²) in [4.78, 5) is 10.6. The predicted octanol–water partition coefficient (Wildman–Crippen LogP) is 1.28. The molecule has 0 aromatic heterocycles. The molecule has 1 fully saturated rings. The number of amides is 1. The second-order valence-electron chi connectivity index (χ2n) is 3.88. The molecular weight excluding hydrogens is 236 g/mol. The van der Waals surface area contributed by atoms with E-state index in [1.165, 1.54) is 17.7 Å². The largest absolute Gasteiger partial charge is 0.484 e. The summed E-state index contributed by atoms with van der Waals surface area (Å²) in [5.41, 5.74) is 6.25. The summed E-state index contributed by atoms with van der Waals surface area (Å²) in [5, 5.41) is 3.82. The van der Waals surface area contributed by atoms with Gasteiger partial charge < -0.3 is 15.8 Å². The molecule has 1 aliphatic heterocycles. The molecule has 0 aliphatic carbocycles. The van der Waals surface area contributed by atoms with Crippen molar-refractivity contribution >= 4 is 17.7 Å². The molecule has 1 aliphatic rings. The highest BCUT2D eigenvalue weighted by atomic mass is 32.2. The Morgan fingerprint density at radius 1 is 1.47 bits per heavy atom. The lowest BCUT2D eigenvalue weighted by Gasteiger charge is -2.23. The lowest BCUT2D eigenvalue weighted by atomic mass is 10.2. The third-order valence-corrected chi connectivity index (χ3v) is 3.80. The zero-order valence-electron chi connectivity index (χ0n) is 9.52. The molecule has 1 unspecified atom stereocenters. The smallest absolute Gasteiger partial charge is 0.255 e. The summed E-state index contributed by atoms with van der Waals surface area (Å²) in [6.07, 6.45) is 1.22. The van der Waals surface area contributed by atoms with E-state index in [1.807, 2.05) is 36.0 Å². The molecule has 0 spiro atoms. The normalized spacial score (nSPS) is 19.9. The summed E-state index contributed by atoms with van der Waals surface area (Å²) >= 11 is 1.91. The van der Waals surface area contributed by atoms with Crippen LogP contribution in [0, 0.1) is 0 Å². The monoisotopic (exact) mass is 252 g/mol. The van der Waals surface area contributed by atoms with Gasteiger partial charge in [-0.2, -0.15) is 0 Å². The number of primary amides is 1. The SMILES string of the molecule is NC(=O)COc1ccc(C2NCCCS2)cc1. The molecule has 17 heavy (non-hydrogen) atoms. The van der Waals surface area contributed by atoms with Gasteiger partial charge in [0, 0.05) is 0 Å². The first-order chi connectivity index (χ1) is 8.25. The van der Waals surface area contributed by atoms with E-state index >= 15 is 0 Å². The molecule has 0 saturated carbocycles. The van der Waals surface area contributed by atoms with Gasteiger partial charge >= 0.3 is 0 Å². The molecule has 1 heterocycles. The number of benzene rings is 1. The number of rotatable bonds is 4. The van der Waals surface area contributed by atoms with Crippen molar-refractivity contribution in [3.05, 3.63) is 29.8 Å². The van der Waals surface area contributed by atoms with Gasteiger partial charge in [-0.3, -0.25) is 4.79 Å². The summed E-state index contributed by atoms with van der Waals surface area (Å²) in [6.45, 7) is 0.993. The van der Waals surface area contributed by atoms with Gasteiger partial charge in [0.15, 0.2) is 6.61 Å².